The van der Waals surface area contributed by atoms with E-state index < -0.39 is 117 Å². The number of sulfonamides is 1. The molecule has 1 unspecified atom stereocenters. The van der Waals surface area contributed by atoms with Gasteiger partial charge in [0.25, 0.3) is 0 Å². The van der Waals surface area contributed by atoms with Crippen molar-refractivity contribution in [1.82, 2.24) is 4.31 Å². The molecule has 0 aliphatic heterocycles. The number of carboxylic acids is 1. The van der Waals surface area contributed by atoms with Crippen LogP contribution in [0.5, 0.6) is 5.75 Å². The van der Waals surface area contributed by atoms with Crippen LogP contribution in [0.25, 0.3) is 0 Å². The van der Waals surface area contributed by atoms with E-state index in [9.17, 15) is 67.7 Å². The Kier molecular flexibility index (Phi) is 11.4. The van der Waals surface area contributed by atoms with E-state index in [2.05, 4.69) is 0 Å². The van der Waals surface area contributed by atoms with Crippen molar-refractivity contribution in [2.45, 2.75) is 62.2 Å². The van der Waals surface area contributed by atoms with Gasteiger partial charge >= 0.3 is 12.1 Å². The molecule has 0 saturated heterocycles. The molecule has 54 heavy (non-hydrogen) atoms. The number of halogens is 9. The van der Waals surface area contributed by atoms with Crippen molar-refractivity contribution in [2.75, 3.05) is 11.4 Å². The van der Waals surface area contributed by atoms with Gasteiger partial charge in [0.05, 0.1) is 12.5 Å². The molecule has 0 spiro atoms. The fraction of sp³-hybridized carbons (Fsp3) is 0.278. The van der Waals surface area contributed by atoms with Crippen LogP contribution in [-0.4, -0.2) is 47.5 Å². The van der Waals surface area contributed by atoms with Gasteiger partial charge in [0.15, 0.2) is 28.2 Å². The molecule has 8 nitrogen and oxygen atoms in total. The summed E-state index contributed by atoms with van der Waals surface area (Å²) in [7, 11) is -5.76. The van der Waals surface area contributed by atoms with Crippen LogP contribution in [0.15, 0.2) is 65.6 Å². The van der Waals surface area contributed by atoms with Crippen molar-refractivity contribution in [3.63, 3.8) is 0 Å². The molecule has 1 aliphatic carbocycles. The van der Waals surface area contributed by atoms with Crippen LogP contribution >= 0.6 is 0 Å². The highest BCUT2D eigenvalue weighted by atomic mass is 32.2. The zero-order chi connectivity index (χ0) is 39.9. The monoisotopic (exact) mass is 788 g/mol. The van der Waals surface area contributed by atoms with E-state index in [0.29, 0.717) is 18.4 Å². The first kappa shape index (κ1) is 40.1. The summed E-state index contributed by atoms with van der Waals surface area (Å²) in [5.41, 5.74) is -0.672. The maximum Gasteiger partial charge on any atom is 0.395 e. The van der Waals surface area contributed by atoms with Crippen molar-refractivity contribution < 1.29 is 67.7 Å². The SMILES string of the molecule is CC(c1cc(CN(C(=O)CCN(Cc2ccccc2F)S(=O)(=O)c2c(F)c(F)c(F)c(F)c2F)c2ccc(C(=O)O)c(O)c2)cc(C2CC2)c1)C(F)(F)F. The number of alkyl halides is 3. The van der Waals surface area contributed by atoms with E-state index in [1.807, 2.05) is 0 Å². The number of amides is 1. The molecule has 18 heteroatoms. The molecule has 4 aromatic carbocycles. The third kappa shape index (κ3) is 8.33. The Labute approximate surface area is 302 Å². The second kappa shape index (κ2) is 15.3. The molecule has 0 aromatic heterocycles. The van der Waals surface area contributed by atoms with Gasteiger partial charge in [-0.15, -0.1) is 0 Å². The predicted octanol–water partition coefficient (Wildman–Crippen LogP) is 8.28. The van der Waals surface area contributed by atoms with E-state index in [1.54, 1.807) is 6.07 Å². The third-order valence-corrected chi connectivity index (χ3v) is 10.8. The molecule has 4 aromatic rings. The number of nitrogens with zero attached hydrogens (tertiary/aromatic N) is 2. The second-order valence-electron chi connectivity index (χ2n) is 12.6. The van der Waals surface area contributed by atoms with Crippen LogP contribution in [0.4, 0.5) is 45.2 Å². The van der Waals surface area contributed by atoms with E-state index in [-0.39, 0.29) is 27.0 Å². The number of phenols is 1. The highest BCUT2D eigenvalue weighted by Gasteiger charge is 2.39. The first-order valence-corrected chi connectivity index (χ1v) is 17.5. The molecule has 0 radical (unpaired) electrons. The van der Waals surface area contributed by atoms with Crippen LogP contribution in [0.1, 0.15) is 70.6 Å². The molecule has 0 bridgehead atoms. The van der Waals surface area contributed by atoms with Gasteiger partial charge in [0, 0.05) is 36.8 Å². The minimum Gasteiger partial charge on any atom is -0.507 e. The smallest absolute Gasteiger partial charge is 0.395 e. The van der Waals surface area contributed by atoms with Gasteiger partial charge in [-0.1, -0.05) is 36.4 Å². The number of hydrogen-bond acceptors (Lipinski definition) is 5. The van der Waals surface area contributed by atoms with Gasteiger partial charge < -0.3 is 15.1 Å². The fourth-order valence-electron chi connectivity index (χ4n) is 5.70. The Bertz CT molecular complexity index is 2200. The summed E-state index contributed by atoms with van der Waals surface area (Å²) in [6, 6.07) is 11.4. The van der Waals surface area contributed by atoms with Gasteiger partial charge in [-0.25, -0.2) is 39.6 Å². The summed E-state index contributed by atoms with van der Waals surface area (Å²) >= 11 is 0. The van der Waals surface area contributed by atoms with E-state index in [1.165, 1.54) is 24.3 Å². The number of carbonyl (C=O) groups excluding carboxylic acids is 1. The topological polar surface area (TPSA) is 115 Å². The average molecular weight is 789 g/mol. The molecule has 1 saturated carbocycles. The average Bonchev–Trinajstić information content (AvgIpc) is 3.96. The number of aromatic hydroxyl groups is 1. The van der Waals surface area contributed by atoms with Gasteiger partial charge in [0.1, 0.15) is 17.1 Å². The predicted molar refractivity (Wildman–Crippen MR) is 174 cm³/mol. The number of aromatic carboxylic acids is 1. The third-order valence-electron chi connectivity index (χ3n) is 8.89. The van der Waals surface area contributed by atoms with E-state index in [0.717, 1.165) is 42.2 Å². The molecule has 5 rings (SSSR count). The maximum atomic E-state index is 14.8. The summed E-state index contributed by atoms with van der Waals surface area (Å²) in [4.78, 5) is 24.1. The lowest BCUT2D eigenvalue weighted by Gasteiger charge is -2.27. The molecule has 1 amide bonds. The zero-order valence-electron chi connectivity index (χ0n) is 27.9. The van der Waals surface area contributed by atoms with Crippen LogP contribution < -0.4 is 4.90 Å². The molecular weight excluding hydrogens is 759 g/mol. The molecule has 2 N–H and O–H groups in total. The summed E-state index contributed by atoms with van der Waals surface area (Å²) in [5, 5.41) is 19.8. The molecule has 1 atom stereocenters. The van der Waals surface area contributed by atoms with Crippen LogP contribution in [0.3, 0.4) is 0 Å². The van der Waals surface area contributed by atoms with Gasteiger partial charge in [-0.2, -0.15) is 17.5 Å². The fourth-order valence-corrected chi connectivity index (χ4v) is 7.23. The Balaban J connectivity index is 1.57. The van der Waals surface area contributed by atoms with Gasteiger partial charge in [-0.3, -0.25) is 4.79 Å². The molecule has 1 aliphatic rings. The van der Waals surface area contributed by atoms with Gasteiger partial charge in [-0.05, 0) is 60.6 Å². The van der Waals surface area contributed by atoms with Crippen LogP contribution in [0, 0.1) is 34.9 Å². The number of benzene rings is 4. The minimum atomic E-state index is -5.76. The Hall–Kier alpha value is -5.10. The summed E-state index contributed by atoms with van der Waals surface area (Å²) in [6.07, 6.45) is -4.23. The Morgan fingerprint density at radius 2 is 1.46 bits per heavy atom. The number of carbonyl (C=O) groups is 2. The standard InChI is InChI=1S/C36H29F9N2O6S/c1-18(36(43,44)45)22-12-19(13-23(14-22)20-6-7-20)16-47(24-8-9-25(35(50)51)27(48)15-24)28(49)10-11-46(17-21-4-2-3-5-26(21)37)54(52,53)34-32(41)30(39)29(38)31(40)33(34)42/h2-5,8-9,12-15,18,20,48H,6-7,10-11,16-17H2,1H3,(H,50,51). The van der Waals surface area contributed by atoms with Crippen LogP contribution in [0.2, 0.25) is 0 Å². The molecule has 0 heterocycles. The minimum absolute atomic E-state index is 0.0637. The van der Waals surface area contributed by atoms with Crippen molar-refractivity contribution in [3.8, 4) is 5.75 Å². The van der Waals surface area contributed by atoms with Crippen molar-refractivity contribution in [3.05, 3.63) is 123 Å². The van der Waals surface area contributed by atoms with E-state index in [4.69, 9.17) is 0 Å². The first-order chi connectivity index (χ1) is 25.2. The summed E-state index contributed by atoms with van der Waals surface area (Å²) in [6.45, 7) is -1.74. The Morgan fingerprint density at radius 3 is 2.02 bits per heavy atom. The largest absolute Gasteiger partial charge is 0.507 e. The maximum absolute atomic E-state index is 14.8. The van der Waals surface area contributed by atoms with Crippen molar-refractivity contribution in [2.24, 2.45) is 0 Å². The van der Waals surface area contributed by atoms with Crippen LogP contribution in [-0.2, 0) is 27.9 Å². The lowest BCUT2D eigenvalue weighted by Crippen LogP contribution is -2.38. The molecule has 1 fully saturated rings. The molecular formula is C36H29F9N2O6S. The summed E-state index contributed by atoms with van der Waals surface area (Å²) < 4.78 is 155. The zero-order valence-corrected chi connectivity index (χ0v) is 28.7. The number of hydrogen-bond donors (Lipinski definition) is 2. The molecule has 288 valence electrons. The van der Waals surface area contributed by atoms with Crippen molar-refractivity contribution >= 4 is 27.6 Å². The number of anilines is 1. The second-order valence-corrected chi connectivity index (χ2v) is 14.5. The van der Waals surface area contributed by atoms with E-state index >= 15 is 0 Å². The number of carboxylic acid groups (broad SMARTS) is 1. The first-order valence-electron chi connectivity index (χ1n) is 16.0. The number of rotatable bonds is 13. The Morgan fingerprint density at radius 1 is 0.852 bits per heavy atom. The lowest BCUT2D eigenvalue weighted by atomic mass is 9.94. The quantitative estimate of drug-likeness (QED) is 0.0801. The van der Waals surface area contributed by atoms with Gasteiger partial charge in [0.2, 0.25) is 21.7 Å². The highest BCUT2D eigenvalue weighted by molar-refractivity contribution is 7.89. The normalized spacial score (nSPS) is 14.0. The lowest BCUT2D eigenvalue weighted by molar-refractivity contribution is -0.146. The highest BCUT2D eigenvalue weighted by Crippen LogP contribution is 2.43. The van der Waals surface area contributed by atoms with Crippen molar-refractivity contribution in [1.29, 1.82) is 0 Å². The summed E-state index contributed by atoms with van der Waals surface area (Å²) in [5.74, 6) is -19.7.